The molecule has 0 aliphatic rings. The second-order valence-electron chi connectivity index (χ2n) is 5.60. The van der Waals surface area contributed by atoms with E-state index in [9.17, 15) is 0 Å². The van der Waals surface area contributed by atoms with Crippen molar-refractivity contribution in [2.75, 3.05) is 6.54 Å². The van der Waals surface area contributed by atoms with E-state index in [1.165, 1.54) is 27.8 Å². The van der Waals surface area contributed by atoms with Crippen molar-refractivity contribution in [1.82, 2.24) is 5.32 Å². The second kappa shape index (κ2) is 7.28. The summed E-state index contributed by atoms with van der Waals surface area (Å²) >= 11 is 0. The van der Waals surface area contributed by atoms with E-state index in [1.807, 2.05) is 0 Å². The predicted molar refractivity (Wildman–Crippen MR) is 88.8 cm³/mol. The lowest BCUT2D eigenvalue weighted by atomic mass is 10.1. The fourth-order valence-electron chi connectivity index (χ4n) is 2.30. The van der Waals surface area contributed by atoms with Gasteiger partial charge in [0.05, 0.1) is 0 Å². The van der Waals surface area contributed by atoms with Gasteiger partial charge in [0, 0.05) is 12.1 Å². The molecule has 0 saturated carbocycles. The van der Waals surface area contributed by atoms with E-state index in [0.717, 1.165) is 18.8 Å². The first-order valence-corrected chi connectivity index (χ1v) is 7.59. The SMILES string of the molecule is CCNCc1cc(C)ccc1OCc1ccc(C)c(C)c1. The fraction of sp³-hybridized carbons (Fsp3) is 0.368. The predicted octanol–water partition coefficient (Wildman–Crippen LogP) is 4.30. The summed E-state index contributed by atoms with van der Waals surface area (Å²) in [6.07, 6.45) is 0. The van der Waals surface area contributed by atoms with Crippen LogP contribution in [0.15, 0.2) is 36.4 Å². The van der Waals surface area contributed by atoms with Crippen molar-refractivity contribution < 1.29 is 4.74 Å². The van der Waals surface area contributed by atoms with Gasteiger partial charge in [-0.2, -0.15) is 0 Å². The van der Waals surface area contributed by atoms with Gasteiger partial charge in [0.1, 0.15) is 12.4 Å². The molecule has 0 fully saturated rings. The summed E-state index contributed by atoms with van der Waals surface area (Å²) in [5, 5.41) is 3.37. The van der Waals surface area contributed by atoms with Gasteiger partial charge in [-0.05, 0) is 50.1 Å². The van der Waals surface area contributed by atoms with E-state index in [1.54, 1.807) is 0 Å². The van der Waals surface area contributed by atoms with E-state index in [2.05, 4.69) is 69.4 Å². The summed E-state index contributed by atoms with van der Waals surface area (Å²) in [5.41, 5.74) is 6.34. The van der Waals surface area contributed by atoms with Crippen LogP contribution in [0.3, 0.4) is 0 Å². The lowest BCUT2D eigenvalue weighted by molar-refractivity contribution is 0.302. The molecule has 0 radical (unpaired) electrons. The third-order valence-electron chi connectivity index (χ3n) is 3.75. The van der Waals surface area contributed by atoms with Gasteiger partial charge < -0.3 is 10.1 Å². The molecule has 0 aliphatic carbocycles. The van der Waals surface area contributed by atoms with Crippen molar-refractivity contribution in [3.05, 3.63) is 64.2 Å². The van der Waals surface area contributed by atoms with E-state index >= 15 is 0 Å². The molecule has 0 aliphatic heterocycles. The molecule has 2 aromatic rings. The molecule has 2 heteroatoms. The molecule has 2 nitrogen and oxygen atoms in total. The molecule has 0 bridgehead atoms. The lowest BCUT2D eigenvalue weighted by Gasteiger charge is -2.13. The number of nitrogens with one attached hydrogen (secondary N) is 1. The standard InChI is InChI=1S/C19H25NO/c1-5-20-12-18-10-14(2)6-9-19(18)21-13-17-8-7-15(3)16(4)11-17/h6-11,20H,5,12-13H2,1-4H3. The second-order valence-corrected chi connectivity index (χ2v) is 5.60. The minimum Gasteiger partial charge on any atom is -0.489 e. The van der Waals surface area contributed by atoms with Crippen LogP contribution in [-0.2, 0) is 13.2 Å². The first kappa shape index (κ1) is 15.6. The Balaban J connectivity index is 2.09. The highest BCUT2D eigenvalue weighted by Crippen LogP contribution is 2.21. The molecule has 1 N–H and O–H groups in total. The van der Waals surface area contributed by atoms with Gasteiger partial charge in [0.25, 0.3) is 0 Å². The van der Waals surface area contributed by atoms with E-state index < -0.39 is 0 Å². The van der Waals surface area contributed by atoms with Crippen LogP contribution in [0.25, 0.3) is 0 Å². The van der Waals surface area contributed by atoms with Crippen LogP contribution in [0.5, 0.6) is 5.75 Å². The fourth-order valence-corrected chi connectivity index (χ4v) is 2.30. The van der Waals surface area contributed by atoms with Gasteiger partial charge in [-0.1, -0.05) is 42.8 Å². The average Bonchev–Trinajstić information content (AvgIpc) is 2.47. The van der Waals surface area contributed by atoms with Crippen molar-refractivity contribution in [3.8, 4) is 5.75 Å². The van der Waals surface area contributed by atoms with Gasteiger partial charge >= 0.3 is 0 Å². The Bertz CT molecular complexity index is 605. The zero-order valence-electron chi connectivity index (χ0n) is 13.5. The van der Waals surface area contributed by atoms with Crippen molar-refractivity contribution >= 4 is 0 Å². The van der Waals surface area contributed by atoms with E-state index in [-0.39, 0.29) is 0 Å². The van der Waals surface area contributed by atoms with Gasteiger partial charge in [0.15, 0.2) is 0 Å². The maximum absolute atomic E-state index is 6.03. The summed E-state index contributed by atoms with van der Waals surface area (Å²) < 4.78 is 6.03. The molecule has 0 atom stereocenters. The Morgan fingerprint density at radius 2 is 1.76 bits per heavy atom. The van der Waals surface area contributed by atoms with Crippen LogP contribution in [0.1, 0.15) is 34.7 Å². The molecule has 0 heterocycles. The lowest BCUT2D eigenvalue weighted by Crippen LogP contribution is -2.13. The van der Waals surface area contributed by atoms with Crippen LogP contribution >= 0.6 is 0 Å². The van der Waals surface area contributed by atoms with Crippen molar-refractivity contribution in [3.63, 3.8) is 0 Å². The third kappa shape index (κ3) is 4.33. The number of benzene rings is 2. The topological polar surface area (TPSA) is 21.3 Å². The van der Waals surface area contributed by atoms with Crippen LogP contribution in [0.4, 0.5) is 0 Å². The van der Waals surface area contributed by atoms with Crippen LogP contribution in [0, 0.1) is 20.8 Å². The van der Waals surface area contributed by atoms with Gasteiger partial charge in [-0.15, -0.1) is 0 Å². The van der Waals surface area contributed by atoms with Crippen LogP contribution < -0.4 is 10.1 Å². The molecular weight excluding hydrogens is 258 g/mol. The van der Waals surface area contributed by atoms with Gasteiger partial charge in [-0.3, -0.25) is 0 Å². The minimum absolute atomic E-state index is 0.614. The average molecular weight is 283 g/mol. The molecular formula is C19H25NO. The molecule has 0 aromatic heterocycles. The van der Waals surface area contributed by atoms with Crippen molar-refractivity contribution in [2.24, 2.45) is 0 Å². The number of ether oxygens (including phenoxy) is 1. The van der Waals surface area contributed by atoms with Gasteiger partial charge in [-0.25, -0.2) is 0 Å². The van der Waals surface area contributed by atoms with Crippen LogP contribution in [-0.4, -0.2) is 6.54 Å². The monoisotopic (exact) mass is 283 g/mol. The first-order chi connectivity index (χ1) is 10.1. The molecule has 2 aromatic carbocycles. The Morgan fingerprint density at radius 1 is 0.952 bits per heavy atom. The molecule has 112 valence electrons. The Labute approximate surface area is 128 Å². The van der Waals surface area contributed by atoms with Crippen LogP contribution in [0.2, 0.25) is 0 Å². The minimum atomic E-state index is 0.614. The molecule has 0 spiro atoms. The largest absolute Gasteiger partial charge is 0.489 e. The number of aryl methyl sites for hydroxylation is 3. The quantitative estimate of drug-likeness (QED) is 0.853. The summed E-state index contributed by atoms with van der Waals surface area (Å²) in [4.78, 5) is 0. The first-order valence-electron chi connectivity index (χ1n) is 7.59. The highest BCUT2D eigenvalue weighted by molar-refractivity contribution is 5.37. The summed E-state index contributed by atoms with van der Waals surface area (Å²) in [6, 6.07) is 12.9. The highest BCUT2D eigenvalue weighted by Gasteiger charge is 2.05. The smallest absolute Gasteiger partial charge is 0.124 e. The van der Waals surface area contributed by atoms with Crippen molar-refractivity contribution in [2.45, 2.75) is 40.8 Å². The Kier molecular flexibility index (Phi) is 5.40. The van der Waals surface area contributed by atoms with E-state index in [4.69, 9.17) is 4.74 Å². The number of hydrogen-bond donors (Lipinski definition) is 1. The Hall–Kier alpha value is -1.80. The Morgan fingerprint density at radius 3 is 2.48 bits per heavy atom. The third-order valence-corrected chi connectivity index (χ3v) is 3.75. The molecule has 21 heavy (non-hydrogen) atoms. The summed E-state index contributed by atoms with van der Waals surface area (Å²) in [5.74, 6) is 0.972. The maximum Gasteiger partial charge on any atom is 0.124 e. The molecule has 2 rings (SSSR count). The maximum atomic E-state index is 6.03. The molecule has 0 unspecified atom stereocenters. The van der Waals surface area contributed by atoms with Gasteiger partial charge in [0.2, 0.25) is 0 Å². The van der Waals surface area contributed by atoms with Crippen molar-refractivity contribution in [1.29, 1.82) is 0 Å². The highest BCUT2D eigenvalue weighted by atomic mass is 16.5. The zero-order chi connectivity index (χ0) is 15.2. The summed E-state index contributed by atoms with van der Waals surface area (Å²) in [7, 11) is 0. The normalized spacial score (nSPS) is 10.7. The van der Waals surface area contributed by atoms with E-state index in [0.29, 0.717) is 6.61 Å². The molecule has 0 saturated heterocycles. The summed E-state index contributed by atoms with van der Waals surface area (Å²) in [6.45, 7) is 10.9. The molecule has 0 amide bonds. The zero-order valence-corrected chi connectivity index (χ0v) is 13.5. The number of rotatable bonds is 6. The number of hydrogen-bond acceptors (Lipinski definition) is 2.